The Morgan fingerprint density at radius 1 is 1.26 bits per heavy atom. The molecule has 4 nitrogen and oxygen atoms in total. The summed E-state index contributed by atoms with van der Waals surface area (Å²) in [5, 5.41) is 7.91. The van der Waals surface area contributed by atoms with Gasteiger partial charge in [0, 0.05) is 11.8 Å². The van der Waals surface area contributed by atoms with E-state index in [1.165, 1.54) is 9.83 Å². The second kappa shape index (κ2) is 6.35. The fourth-order valence-electron chi connectivity index (χ4n) is 2.63. The SMILES string of the molecule is O=C(Nc1ccc2sc3[n+](c2c1)CCN3)c1ccccc1Cl.[Cl-]. The van der Waals surface area contributed by atoms with Crippen LogP contribution in [-0.4, -0.2) is 12.5 Å². The summed E-state index contributed by atoms with van der Waals surface area (Å²) in [5.74, 6) is -0.194. The van der Waals surface area contributed by atoms with E-state index in [9.17, 15) is 4.79 Å². The molecule has 2 heterocycles. The fraction of sp³-hybridized carbons (Fsp3) is 0.125. The van der Waals surface area contributed by atoms with E-state index in [2.05, 4.69) is 15.2 Å². The largest absolute Gasteiger partial charge is 1.00 e. The zero-order chi connectivity index (χ0) is 15.1. The zero-order valence-corrected chi connectivity index (χ0v) is 14.3. The Morgan fingerprint density at radius 2 is 2.09 bits per heavy atom. The predicted octanol–water partition coefficient (Wildman–Crippen LogP) is 0.524. The first-order valence-electron chi connectivity index (χ1n) is 6.98. The van der Waals surface area contributed by atoms with Gasteiger partial charge in [0.15, 0.2) is 0 Å². The molecule has 1 aliphatic rings. The molecule has 0 aliphatic carbocycles. The lowest BCUT2D eigenvalue weighted by molar-refractivity contribution is -0.640. The number of amides is 1. The minimum Gasteiger partial charge on any atom is -1.00 e. The predicted molar refractivity (Wildman–Crippen MR) is 89.9 cm³/mol. The molecule has 1 aromatic heterocycles. The van der Waals surface area contributed by atoms with E-state index in [0.717, 1.165) is 24.3 Å². The first-order chi connectivity index (χ1) is 10.7. The van der Waals surface area contributed by atoms with Crippen LogP contribution in [-0.2, 0) is 6.54 Å². The monoisotopic (exact) mass is 365 g/mol. The number of halogens is 2. The Hall–Kier alpha value is -1.82. The van der Waals surface area contributed by atoms with Gasteiger partial charge in [-0.3, -0.25) is 10.1 Å². The number of aromatic nitrogens is 1. The number of carbonyl (C=O) groups excluding carboxylic acids is 1. The first kappa shape index (κ1) is 16.1. The van der Waals surface area contributed by atoms with Crippen molar-refractivity contribution in [2.24, 2.45) is 0 Å². The Bertz CT molecular complexity index is 894. The van der Waals surface area contributed by atoms with Crippen LogP contribution in [0.15, 0.2) is 42.5 Å². The smallest absolute Gasteiger partial charge is 0.335 e. The summed E-state index contributed by atoms with van der Waals surface area (Å²) in [4.78, 5) is 12.3. The zero-order valence-electron chi connectivity index (χ0n) is 12.0. The maximum atomic E-state index is 12.3. The van der Waals surface area contributed by atoms with Crippen LogP contribution in [0, 0.1) is 0 Å². The summed E-state index contributed by atoms with van der Waals surface area (Å²) in [7, 11) is 0. The molecule has 7 heteroatoms. The lowest BCUT2D eigenvalue weighted by Gasteiger charge is -2.06. The Kier molecular flexibility index (Phi) is 4.43. The van der Waals surface area contributed by atoms with Gasteiger partial charge in [-0.15, -0.1) is 0 Å². The average Bonchev–Trinajstić information content (AvgIpc) is 3.08. The molecule has 3 aromatic rings. The molecule has 0 atom stereocenters. The number of benzene rings is 2. The molecule has 23 heavy (non-hydrogen) atoms. The normalized spacial score (nSPS) is 12.4. The highest BCUT2D eigenvalue weighted by Crippen LogP contribution is 2.28. The fourth-order valence-corrected chi connectivity index (χ4v) is 3.95. The van der Waals surface area contributed by atoms with Gasteiger partial charge in [-0.1, -0.05) is 23.7 Å². The van der Waals surface area contributed by atoms with Crippen molar-refractivity contribution in [3.63, 3.8) is 0 Å². The van der Waals surface area contributed by atoms with Crippen LogP contribution in [0.25, 0.3) is 10.2 Å². The molecule has 0 bridgehead atoms. The van der Waals surface area contributed by atoms with Crippen molar-refractivity contribution in [2.45, 2.75) is 6.54 Å². The molecule has 0 radical (unpaired) electrons. The van der Waals surface area contributed by atoms with Gasteiger partial charge >= 0.3 is 5.13 Å². The van der Waals surface area contributed by atoms with Crippen molar-refractivity contribution in [3.8, 4) is 0 Å². The van der Waals surface area contributed by atoms with Gasteiger partial charge in [-0.25, -0.2) is 4.57 Å². The lowest BCUT2D eigenvalue weighted by Crippen LogP contribution is -3.00. The van der Waals surface area contributed by atoms with Crippen LogP contribution in [0.4, 0.5) is 10.8 Å². The molecule has 1 aliphatic heterocycles. The maximum absolute atomic E-state index is 12.3. The van der Waals surface area contributed by atoms with Gasteiger partial charge in [0.2, 0.25) is 0 Å². The van der Waals surface area contributed by atoms with Gasteiger partial charge in [0.25, 0.3) is 5.91 Å². The van der Waals surface area contributed by atoms with Crippen molar-refractivity contribution < 1.29 is 21.8 Å². The second-order valence-corrected chi connectivity index (χ2v) is 6.54. The number of hydrogen-bond donors (Lipinski definition) is 2. The topological polar surface area (TPSA) is 45.0 Å². The summed E-state index contributed by atoms with van der Waals surface area (Å²) in [6.45, 7) is 1.91. The van der Waals surface area contributed by atoms with Crippen molar-refractivity contribution in [3.05, 3.63) is 53.1 Å². The van der Waals surface area contributed by atoms with Crippen LogP contribution >= 0.6 is 22.9 Å². The third-order valence-electron chi connectivity index (χ3n) is 3.69. The minimum atomic E-state index is -0.194. The van der Waals surface area contributed by atoms with E-state index < -0.39 is 0 Å². The van der Waals surface area contributed by atoms with Crippen LogP contribution in [0.3, 0.4) is 0 Å². The molecule has 4 rings (SSSR count). The second-order valence-electron chi connectivity index (χ2n) is 5.10. The van der Waals surface area contributed by atoms with Gasteiger partial charge < -0.3 is 17.7 Å². The number of anilines is 2. The van der Waals surface area contributed by atoms with E-state index in [1.54, 1.807) is 29.5 Å². The highest BCUT2D eigenvalue weighted by atomic mass is 35.5. The molecule has 1 amide bonds. The lowest BCUT2D eigenvalue weighted by atomic mass is 10.2. The molecule has 0 saturated heterocycles. The molecule has 0 unspecified atom stereocenters. The van der Waals surface area contributed by atoms with E-state index in [4.69, 9.17) is 11.6 Å². The number of rotatable bonds is 2. The third-order valence-corrected chi connectivity index (χ3v) is 5.14. The quantitative estimate of drug-likeness (QED) is 0.650. The van der Waals surface area contributed by atoms with Gasteiger partial charge in [0.05, 0.1) is 15.3 Å². The number of fused-ring (bicyclic) bond motifs is 3. The number of nitrogens with zero attached hydrogens (tertiary/aromatic N) is 1. The minimum absolute atomic E-state index is 0. The molecule has 118 valence electrons. The summed E-state index contributed by atoms with van der Waals surface area (Å²) < 4.78 is 3.45. The van der Waals surface area contributed by atoms with Gasteiger partial charge in [0.1, 0.15) is 18.6 Å². The van der Waals surface area contributed by atoms with E-state index in [-0.39, 0.29) is 18.3 Å². The number of hydrogen-bond acceptors (Lipinski definition) is 3. The number of nitrogens with one attached hydrogen (secondary N) is 2. The number of carbonyl (C=O) groups is 1. The summed E-state index contributed by atoms with van der Waals surface area (Å²) >= 11 is 7.80. The highest BCUT2D eigenvalue weighted by Gasteiger charge is 2.24. The van der Waals surface area contributed by atoms with Crippen molar-refractivity contribution in [1.82, 2.24) is 0 Å². The molecular formula is C16H13Cl2N3OS. The molecule has 2 aromatic carbocycles. The average molecular weight is 366 g/mol. The summed E-state index contributed by atoms with van der Waals surface area (Å²) in [5.41, 5.74) is 2.40. The van der Waals surface area contributed by atoms with E-state index >= 15 is 0 Å². The van der Waals surface area contributed by atoms with Crippen molar-refractivity contribution >= 4 is 49.9 Å². The van der Waals surface area contributed by atoms with Crippen molar-refractivity contribution in [1.29, 1.82) is 0 Å². The number of thiazole rings is 1. The maximum Gasteiger partial charge on any atom is 0.335 e. The molecular weight excluding hydrogens is 353 g/mol. The van der Waals surface area contributed by atoms with E-state index in [0.29, 0.717) is 10.6 Å². The summed E-state index contributed by atoms with van der Waals surface area (Å²) in [6, 6.07) is 13.0. The Balaban J connectivity index is 0.00000156. The van der Waals surface area contributed by atoms with Crippen LogP contribution in [0.2, 0.25) is 5.02 Å². The molecule has 0 fully saturated rings. The van der Waals surface area contributed by atoms with Crippen LogP contribution in [0.5, 0.6) is 0 Å². The molecule has 0 spiro atoms. The highest BCUT2D eigenvalue weighted by molar-refractivity contribution is 7.21. The van der Waals surface area contributed by atoms with Gasteiger partial charge in [-0.2, -0.15) is 0 Å². The molecule has 0 saturated carbocycles. The summed E-state index contributed by atoms with van der Waals surface area (Å²) in [6.07, 6.45) is 0. The van der Waals surface area contributed by atoms with E-state index in [1.807, 2.05) is 24.3 Å². The Morgan fingerprint density at radius 3 is 2.91 bits per heavy atom. The van der Waals surface area contributed by atoms with Gasteiger partial charge in [-0.05, 0) is 35.6 Å². The van der Waals surface area contributed by atoms with Crippen LogP contribution < -0.4 is 27.6 Å². The van der Waals surface area contributed by atoms with Crippen LogP contribution in [0.1, 0.15) is 10.4 Å². The third kappa shape index (κ3) is 2.87. The standard InChI is InChI=1S/C16H12ClN3OS.ClH/c17-12-4-2-1-3-11(12)15(21)19-10-5-6-14-13(9-10)20-8-7-18-16(20)22-14;/h1-6,9H,7-8H2,(H,19,21);1H. The molecule has 2 N–H and O–H groups in total. The van der Waals surface area contributed by atoms with Crippen molar-refractivity contribution in [2.75, 3.05) is 17.2 Å². The first-order valence-corrected chi connectivity index (χ1v) is 8.18. The Labute approximate surface area is 148 Å².